The number of carboxylic acid groups (broad SMARTS) is 1. The fourth-order valence-electron chi connectivity index (χ4n) is 2.88. The van der Waals surface area contributed by atoms with Crippen LogP contribution in [-0.4, -0.2) is 26.5 Å². The lowest BCUT2D eigenvalue weighted by Crippen LogP contribution is -2.31. The maximum Gasteiger partial charge on any atom is 0.337 e. The Kier molecular flexibility index (Phi) is 5.09. The van der Waals surface area contributed by atoms with Gasteiger partial charge in [0.15, 0.2) is 0 Å². The van der Waals surface area contributed by atoms with E-state index in [9.17, 15) is 19.5 Å². The zero-order chi connectivity index (χ0) is 19.7. The molecule has 0 unspecified atom stereocenters. The quantitative estimate of drug-likeness (QED) is 0.703. The molecule has 0 atom stereocenters. The zero-order valence-corrected chi connectivity index (χ0v) is 16.0. The zero-order valence-electron chi connectivity index (χ0n) is 15.2. The highest BCUT2D eigenvalue weighted by Gasteiger charge is 2.20. The maximum absolute atomic E-state index is 12.9. The monoisotopic (exact) mass is 385 g/mol. The van der Waals surface area contributed by atoms with Gasteiger partial charge in [-0.3, -0.25) is 14.2 Å². The van der Waals surface area contributed by atoms with Gasteiger partial charge >= 0.3 is 5.97 Å². The fourth-order valence-corrected chi connectivity index (χ4v) is 3.80. The molecule has 0 spiro atoms. The second kappa shape index (κ2) is 7.32. The topological polar surface area (TPSA) is 101 Å². The average Bonchev–Trinajstić information content (AvgIpc) is 3.05. The van der Waals surface area contributed by atoms with Gasteiger partial charge in [-0.1, -0.05) is 19.1 Å². The summed E-state index contributed by atoms with van der Waals surface area (Å²) in [7, 11) is 0. The molecule has 0 aliphatic carbocycles. The third kappa shape index (κ3) is 3.48. The summed E-state index contributed by atoms with van der Waals surface area (Å²) >= 11 is 1.11. The molecule has 7 nitrogen and oxygen atoms in total. The number of benzene rings is 1. The van der Waals surface area contributed by atoms with Crippen molar-refractivity contribution in [2.75, 3.05) is 5.32 Å². The molecule has 8 heteroatoms. The summed E-state index contributed by atoms with van der Waals surface area (Å²) in [5.41, 5.74) is 2.09. The number of hydrogen-bond acceptors (Lipinski definition) is 5. The van der Waals surface area contributed by atoms with Crippen LogP contribution in [0.3, 0.4) is 0 Å². The smallest absolute Gasteiger partial charge is 0.337 e. The number of carbonyl (C=O) groups is 2. The van der Waals surface area contributed by atoms with Crippen molar-refractivity contribution in [2.45, 2.75) is 33.7 Å². The van der Waals surface area contributed by atoms with Gasteiger partial charge in [0, 0.05) is 17.5 Å². The predicted octanol–water partition coefficient (Wildman–Crippen LogP) is 2.97. The van der Waals surface area contributed by atoms with Crippen molar-refractivity contribution in [1.29, 1.82) is 0 Å². The molecular formula is C19H19N3O4S. The van der Waals surface area contributed by atoms with E-state index in [0.29, 0.717) is 22.8 Å². The Morgan fingerprint density at radius 3 is 2.70 bits per heavy atom. The Bertz CT molecular complexity index is 1110. The summed E-state index contributed by atoms with van der Waals surface area (Å²) in [6, 6.07) is 5.60. The van der Waals surface area contributed by atoms with Crippen molar-refractivity contribution in [2.24, 2.45) is 0 Å². The number of aromatic carboxylic acids is 1. The van der Waals surface area contributed by atoms with Crippen LogP contribution in [0.25, 0.3) is 10.2 Å². The van der Waals surface area contributed by atoms with Crippen LogP contribution >= 0.6 is 11.3 Å². The molecule has 0 aliphatic heterocycles. The number of nitrogens with one attached hydrogen (secondary N) is 1. The first kappa shape index (κ1) is 18.8. The molecule has 0 saturated heterocycles. The molecular weight excluding hydrogens is 366 g/mol. The summed E-state index contributed by atoms with van der Waals surface area (Å²) in [5.74, 6) is -1.10. The summed E-state index contributed by atoms with van der Waals surface area (Å²) in [4.78, 5) is 41.6. The lowest BCUT2D eigenvalue weighted by Gasteiger charge is -2.13. The van der Waals surface area contributed by atoms with Gasteiger partial charge in [0.05, 0.1) is 10.9 Å². The van der Waals surface area contributed by atoms with Crippen molar-refractivity contribution in [3.63, 3.8) is 0 Å². The van der Waals surface area contributed by atoms with Gasteiger partial charge < -0.3 is 10.4 Å². The van der Waals surface area contributed by atoms with Gasteiger partial charge in [0.25, 0.3) is 5.56 Å². The molecule has 0 saturated carbocycles. The second-order valence-corrected chi connectivity index (χ2v) is 7.06. The van der Waals surface area contributed by atoms with Gasteiger partial charge in [-0.15, -0.1) is 11.3 Å². The molecule has 140 valence electrons. The Labute approximate surface area is 159 Å². The van der Waals surface area contributed by atoms with Crippen LogP contribution in [0.5, 0.6) is 0 Å². The minimum atomic E-state index is -1.18. The third-order valence-corrected chi connectivity index (χ3v) is 5.37. The highest BCUT2D eigenvalue weighted by Crippen LogP contribution is 2.22. The van der Waals surface area contributed by atoms with Gasteiger partial charge in [-0.05, 0) is 31.0 Å². The first-order valence-electron chi connectivity index (χ1n) is 8.43. The minimum Gasteiger partial charge on any atom is -0.478 e. The number of hydrogen-bond donors (Lipinski definition) is 2. The number of rotatable bonds is 5. The van der Waals surface area contributed by atoms with Crippen LogP contribution in [0.1, 0.15) is 34.2 Å². The van der Waals surface area contributed by atoms with Crippen molar-refractivity contribution in [3.05, 3.63) is 56.4 Å². The summed E-state index contributed by atoms with van der Waals surface area (Å²) in [6.45, 7) is 5.46. The number of aryl methyl sites for hydroxylation is 2. The average molecular weight is 385 g/mol. The molecule has 2 heterocycles. The number of aromatic nitrogens is 2. The van der Waals surface area contributed by atoms with E-state index in [-0.39, 0.29) is 23.4 Å². The van der Waals surface area contributed by atoms with Crippen LogP contribution < -0.4 is 10.9 Å². The van der Waals surface area contributed by atoms with E-state index in [0.717, 1.165) is 22.5 Å². The largest absolute Gasteiger partial charge is 0.478 e. The van der Waals surface area contributed by atoms with Gasteiger partial charge in [-0.25, -0.2) is 9.78 Å². The fraction of sp³-hybridized carbons (Fsp3) is 0.263. The number of carbonyl (C=O) groups excluding carboxylic acids is 1. The van der Waals surface area contributed by atoms with E-state index < -0.39 is 11.5 Å². The first-order valence-corrected chi connectivity index (χ1v) is 9.31. The van der Waals surface area contributed by atoms with Gasteiger partial charge in [0.2, 0.25) is 5.91 Å². The predicted molar refractivity (Wildman–Crippen MR) is 105 cm³/mol. The standard InChI is InChI=1S/C19H19N3O4S/c1-4-14-21-17-16(12(9-27-17)19(25)26)18(24)22(14)8-15(23)20-13-7-5-6-10(2)11(13)3/h5-7,9H,4,8H2,1-3H3,(H,20,23)(H,25,26). The highest BCUT2D eigenvalue weighted by molar-refractivity contribution is 7.17. The molecule has 2 aromatic heterocycles. The van der Waals surface area contributed by atoms with Crippen LogP contribution in [0.4, 0.5) is 5.69 Å². The second-order valence-electron chi connectivity index (χ2n) is 6.20. The molecule has 27 heavy (non-hydrogen) atoms. The van der Waals surface area contributed by atoms with Crippen LogP contribution in [0.15, 0.2) is 28.4 Å². The molecule has 2 N–H and O–H groups in total. The Balaban J connectivity index is 2.00. The number of anilines is 1. The first-order chi connectivity index (χ1) is 12.8. The van der Waals surface area contributed by atoms with Crippen molar-refractivity contribution >= 4 is 39.1 Å². The van der Waals surface area contributed by atoms with E-state index >= 15 is 0 Å². The van der Waals surface area contributed by atoms with E-state index in [1.54, 1.807) is 6.07 Å². The van der Waals surface area contributed by atoms with E-state index in [2.05, 4.69) is 10.3 Å². The third-order valence-electron chi connectivity index (χ3n) is 4.50. The molecule has 1 aromatic carbocycles. The van der Waals surface area contributed by atoms with Crippen molar-refractivity contribution in [3.8, 4) is 0 Å². The van der Waals surface area contributed by atoms with E-state index in [1.165, 1.54) is 9.95 Å². The SMILES string of the molecule is CCc1nc2scc(C(=O)O)c2c(=O)n1CC(=O)Nc1cccc(C)c1C. The number of fused-ring (bicyclic) bond motifs is 1. The Morgan fingerprint density at radius 1 is 1.30 bits per heavy atom. The molecule has 0 radical (unpaired) electrons. The van der Waals surface area contributed by atoms with Gasteiger partial charge in [-0.2, -0.15) is 0 Å². The molecule has 3 rings (SSSR count). The van der Waals surface area contributed by atoms with E-state index in [1.807, 2.05) is 32.9 Å². The Morgan fingerprint density at radius 2 is 2.04 bits per heavy atom. The highest BCUT2D eigenvalue weighted by atomic mass is 32.1. The molecule has 1 amide bonds. The maximum atomic E-state index is 12.9. The van der Waals surface area contributed by atoms with Crippen LogP contribution in [0.2, 0.25) is 0 Å². The number of nitrogens with zero attached hydrogens (tertiary/aromatic N) is 2. The number of amides is 1. The summed E-state index contributed by atoms with van der Waals surface area (Å²) in [5, 5.41) is 13.6. The lowest BCUT2D eigenvalue weighted by atomic mass is 10.1. The Hall–Kier alpha value is -3.00. The van der Waals surface area contributed by atoms with E-state index in [4.69, 9.17) is 0 Å². The number of thiophene rings is 1. The molecule has 3 aromatic rings. The molecule has 0 aliphatic rings. The minimum absolute atomic E-state index is 0.0456. The van der Waals surface area contributed by atoms with Gasteiger partial charge in [0.1, 0.15) is 17.2 Å². The molecule has 0 bridgehead atoms. The normalized spacial score (nSPS) is 10.9. The van der Waals surface area contributed by atoms with Crippen LogP contribution in [-0.2, 0) is 17.8 Å². The summed E-state index contributed by atoms with van der Waals surface area (Å²) in [6.07, 6.45) is 0.447. The number of carboxylic acids is 1. The van der Waals surface area contributed by atoms with Crippen molar-refractivity contribution in [1.82, 2.24) is 9.55 Å². The summed E-state index contributed by atoms with van der Waals surface area (Å²) < 4.78 is 1.25. The van der Waals surface area contributed by atoms with Crippen molar-refractivity contribution < 1.29 is 14.7 Å². The van der Waals surface area contributed by atoms with Crippen LogP contribution in [0, 0.1) is 13.8 Å². The molecule has 0 fully saturated rings. The lowest BCUT2D eigenvalue weighted by molar-refractivity contribution is -0.116.